The van der Waals surface area contributed by atoms with Crippen LogP contribution in [0.1, 0.15) is 25.7 Å². The predicted molar refractivity (Wildman–Crippen MR) is 80.2 cm³/mol. The summed E-state index contributed by atoms with van der Waals surface area (Å²) >= 11 is 0. The lowest BCUT2D eigenvalue weighted by atomic mass is 10.2. The zero-order valence-corrected chi connectivity index (χ0v) is 11.8. The molecule has 1 fully saturated rings. The molecule has 110 valence electrons. The number of anilines is 3. The third-order valence-corrected chi connectivity index (χ3v) is 3.57. The molecule has 1 saturated heterocycles. The molecule has 5 nitrogen and oxygen atoms in total. The fourth-order valence-electron chi connectivity index (χ4n) is 2.46. The number of nitrogens with zero attached hydrogens (tertiary/aromatic N) is 4. The Bertz CT molecular complexity index is 596. The van der Waals surface area contributed by atoms with E-state index in [1.807, 2.05) is 0 Å². The Morgan fingerprint density at radius 2 is 1.81 bits per heavy atom. The molecular weight excluding hydrogens is 269 g/mol. The van der Waals surface area contributed by atoms with Crippen molar-refractivity contribution in [3.63, 3.8) is 0 Å². The van der Waals surface area contributed by atoms with Crippen LogP contribution in [0.15, 0.2) is 30.5 Å². The zero-order valence-electron chi connectivity index (χ0n) is 11.8. The van der Waals surface area contributed by atoms with Crippen LogP contribution in [0.5, 0.6) is 0 Å². The molecule has 21 heavy (non-hydrogen) atoms. The summed E-state index contributed by atoms with van der Waals surface area (Å²) in [6, 6.07) is 6.51. The highest BCUT2D eigenvalue weighted by molar-refractivity contribution is 5.56. The molecule has 1 N–H and O–H groups in total. The molecule has 2 aromatic rings. The van der Waals surface area contributed by atoms with Gasteiger partial charge in [0.2, 0.25) is 5.95 Å². The summed E-state index contributed by atoms with van der Waals surface area (Å²) in [6.07, 6.45) is 6.30. The monoisotopic (exact) mass is 287 g/mol. The third kappa shape index (κ3) is 3.45. The van der Waals surface area contributed by atoms with Crippen LogP contribution in [0.3, 0.4) is 0 Å². The molecule has 0 amide bonds. The van der Waals surface area contributed by atoms with Crippen molar-refractivity contribution in [2.24, 2.45) is 0 Å². The van der Waals surface area contributed by atoms with Gasteiger partial charge in [-0.25, -0.2) is 4.39 Å². The van der Waals surface area contributed by atoms with Crippen LogP contribution >= 0.6 is 0 Å². The van der Waals surface area contributed by atoms with E-state index in [2.05, 4.69) is 25.4 Å². The van der Waals surface area contributed by atoms with Crippen molar-refractivity contribution >= 4 is 17.5 Å². The highest BCUT2D eigenvalue weighted by Crippen LogP contribution is 2.20. The van der Waals surface area contributed by atoms with Crippen molar-refractivity contribution in [1.82, 2.24) is 15.2 Å². The average molecular weight is 287 g/mol. The molecule has 2 heterocycles. The summed E-state index contributed by atoms with van der Waals surface area (Å²) in [5.74, 6) is 0.806. The number of rotatable bonds is 3. The van der Waals surface area contributed by atoms with Gasteiger partial charge in [-0.15, -0.1) is 5.10 Å². The van der Waals surface area contributed by atoms with Crippen molar-refractivity contribution in [3.8, 4) is 0 Å². The Hall–Kier alpha value is -2.24. The van der Waals surface area contributed by atoms with E-state index in [4.69, 9.17) is 0 Å². The van der Waals surface area contributed by atoms with Gasteiger partial charge in [-0.2, -0.15) is 10.1 Å². The highest BCUT2D eigenvalue weighted by atomic mass is 19.1. The van der Waals surface area contributed by atoms with Gasteiger partial charge in [-0.1, -0.05) is 25.0 Å². The maximum atomic E-state index is 13.6. The first kappa shape index (κ1) is 13.7. The van der Waals surface area contributed by atoms with Crippen molar-refractivity contribution < 1.29 is 4.39 Å². The fourth-order valence-corrected chi connectivity index (χ4v) is 2.46. The molecule has 1 aliphatic rings. The van der Waals surface area contributed by atoms with Gasteiger partial charge in [0.25, 0.3) is 0 Å². The van der Waals surface area contributed by atoms with Crippen LogP contribution < -0.4 is 10.2 Å². The van der Waals surface area contributed by atoms with E-state index in [1.54, 1.807) is 18.2 Å². The van der Waals surface area contributed by atoms with E-state index in [0.29, 0.717) is 17.5 Å². The molecule has 3 rings (SSSR count). The summed E-state index contributed by atoms with van der Waals surface area (Å²) < 4.78 is 13.6. The second kappa shape index (κ2) is 6.47. The SMILES string of the molecule is Fc1ccccc1Nc1cnnc(N2CCCCCC2)n1. The number of para-hydroxylation sites is 1. The summed E-state index contributed by atoms with van der Waals surface area (Å²) in [6.45, 7) is 1.90. The molecule has 1 aromatic heterocycles. The molecule has 0 radical (unpaired) electrons. The van der Waals surface area contributed by atoms with Gasteiger partial charge in [0, 0.05) is 13.1 Å². The van der Waals surface area contributed by atoms with Crippen LogP contribution in [0.4, 0.5) is 21.8 Å². The van der Waals surface area contributed by atoms with Crippen LogP contribution in [0, 0.1) is 5.82 Å². The van der Waals surface area contributed by atoms with Gasteiger partial charge in [-0.3, -0.25) is 0 Å². The quantitative estimate of drug-likeness (QED) is 0.940. The molecule has 0 bridgehead atoms. The molecule has 0 saturated carbocycles. The lowest BCUT2D eigenvalue weighted by molar-refractivity contribution is 0.631. The lowest BCUT2D eigenvalue weighted by Gasteiger charge is -2.19. The second-order valence-corrected chi connectivity index (χ2v) is 5.15. The van der Waals surface area contributed by atoms with Crippen LogP contribution in [-0.4, -0.2) is 28.3 Å². The topological polar surface area (TPSA) is 53.9 Å². The maximum Gasteiger partial charge on any atom is 0.247 e. The van der Waals surface area contributed by atoms with Crippen molar-refractivity contribution in [2.45, 2.75) is 25.7 Å². The fraction of sp³-hybridized carbons (Fsp3) is 0.400. The van der Waals surface area contributed by atoms with Gasteiger partial charge in [-0.05, 0) is 25.0 Å². The lowest BCUT2D eigenvalue weighted by Crippen LogP contribution is -2.26. The maximum absolute atomic E-state index is 13.6. The van der Waals surface area contributed by atoms with Gasteiger partial charge in [0.05, 0.1) is 11.9 Å². The predicted octanol–water partition coefficient (Wildman–Crippen LogP) is 3.13. The summed E-state index contributed by atoms with van der Waals surface area (Å²) in [4.78, 5) is 6.59. The first-order chi connectivity index (χ1) is 10.3. The summed E-state index contributed by atoms with van der Waals surface area (Å²) in [5, 5.41) is 11.0. The number of hydrogen-bond acceptors (Lipinski definition) is 5. The van der Waals surface area contributed by atoms with Crippen LogP contribution in [-0.2, 0) is 0 Å². The first-order valence-electron chi connectivity index (χ1n) is 7.29. The standard InChI is InChI=1S/C15H18FN5/c16-12-7-3-4-8-13(12)18-14-11-17-20-15(19-14)21-9-5-1-2-6-10-21/h3-4,7-8,11H,1-2,5-6,9-10H2,(H,18,19,20). The Balaban J connectivity index is 1.78. The second-order valence-electron chi connectivity index (χ2n) is 5.15. The molecular formula is C15H18FN5. The minimum Gasteiger partial charge on any atom is -0.339 e. The van der Waals surface area contributed by atoms with E-state index >= 15 is 0 Å². The molecule has 0 aliphatic carbocycles. The Morgan fingerprint density at radius 3 is 2.57 bits per heavy atom. The zero-order chi connectivity index (χ0) is 14.5. The number of hydrogen-bond donors (Lipinski definition) is 1. The van der Waals surface area contributed by atoms with Crippen molar-refractivity contribution in [1.29, 1.82) is 0 Å². The largest absolute Gasteiger partial charge is 0.339 e. The van der Waals surface area contributed by atoms with E-state index in [9.17, 15) is 4.39 Å². The van der Waals surface area contributed by atoms with Gasteiger partial charge in [0.15, 0.2) is 5.82 Å². The van der Waals surface area contributed by atoms with E-state index < -0.39 is 0 Å². The number of aromatic nitrogens is 3. The molecule has 0 spiro atoms. The Labute approximate surface area is 123 Å². The number of halogens is 1. The van der Waals surface area contributed by atoms with E-state index in [0.717, 1.165) is 25.9 Å². The minimum absolute atomic E-state index is 0.313. The van der Waals surface area contributed by atoms with Crippen molar-refractivity contribution in [2.75, 3.05) is 23.3 Å². The molecule has 1 aromatic carbocycles. The number of benzene rings is 1. The highest BCUT2D eigenvalue weighted by Gasteiger charge is 2.13. The van der Waals surface area contributed by atoms with E-state index in [-0.39, 0.29) is 5.82 Å². The van der Waals surface area contributed by atoms with Gasteiger partial charge >= 0.3 is 0 Å². The van der Waals surface area contributed by atoms with Crippen LogP contribution in [0.2, 0.25) is 0 Å². The molecule has 6 heteroatoms. The third-order valence-electron chi connectivity index (χ3n) is 3.57. The van der Waals surface area contributed by atoms with Gasteiger partial charge < -0.3 is 10.2 Å². The van der Waals surface area contributed by atoms with Crippen molar-refractivity contribution in [3.05, 3.63) is 36.3 Å². The minimum atomic E-state index is -0.313. The molecule has 0 atom stereocenters. The van der Waals surface area contributed by atoms with Crippen LogP contribution in [0.25, 0.3) is 0 Å². The first-order valence-corrected chi connectivity index (χ1v) is 7.29. The average Bonchev–Trinajstić information content (AvgIpc) is 2.79. The number of nitrogens with one attached hydrogen (secondary N) is 1. The van der Waals surface area contributed by atoms with Gasteiger partial charge in [0.1, 0.15) is 5.82 Å². The van der Waals surface area contributed by atoms with E-state index in [1.165, 1.54) is 25.1 Å². The molecule has 1 aliphatic heterocycles. The normalized spacial score (nSPS) is 15.6. The summed E-state index contributed by atoms with van der Waals surface area (Å²) in [7, 11) is 0. The molecule has 0 unspecified atom stereocenters. The Morgan fingerprint density at radius 1 is 1.05 bits per heavy atom. The smallest absolute Gasteiger partial charge is 0.247 e. The Kier molecular flexibility index (Phi) is 4.23. The summed E-state index contributed by atoms with van der Waals surface area (Å²) in [5.41, 5.74) is 0.389.